The highest BCUT2D eigenvalue weighted by atomic mass is 35.5. The molecule has 0 unspecified atom stereocenters. The van der Waals surface area contributed by atoms with E-state index in [4.69, 9.17) is 16.3 Å². The smallest absolute Gasteiger partial charge is 0.331 e. The van der Waals surface area contributed by atoms with Gasteiger partial charge in [-0.2, -0.15) is 0 Å². The predicted molar refractivity (Wildman–Crippen MR) is 86.6 cm³/mol. The maximum Gasteiger partial charge on any atom is 0.331 e. The second-order valence-electron chi connectivity index (χ2n) is 5.13. The molecular weight excluding hydrogens is 342 g/mol. The van der Waals surface area contributed by atoms with Crippen molar-refractivity contribution in [2.24, 2.45) is 0 Å². The number of carbonyl (C=O) groups excluding carboxylic acids is 2. The fourth-order valence-electron chi connectivity index (χ4n) is 2.13. The lowest BCUT2D eigenvalue weighted by molar-refractivity contribution is -0.143. The molecule has 1 heterocycles. The quantitative estimate of drug-likeness (QED) is 0.631. The normalized spacial score (nSPS) is 19.6. The van der Waals surface area contributed by atoms with E-state index in [1.807, 2.05) is 0 Å². The first kappa shape index (κ1) is 17.5. The van der Waals surface area contributed by atoms with E-state index in [9.17, 15) is 18.0 Å². The average Bonchev–Trinajstić information content (AvgIpc) is 2.83. The summed E-state index contributed by atoms with van der Waals surface area (Å²) >= 11 is 5.94. The fourth-order valence-corrected chi connectivity index (χ4v) is 4.00. The first-order chi connectivity index (χ1) is 10.9. The molecule has 1 N–H and O–H groups in total. The van der Waals surface area contributed by atoms with Gasteiger partial charge in [0.05, 0.1) is 11.5 Å². The minimum atomic E-state index is -3.06. The van der Waals surface area contributed by atoms with Crippen LogP contribution in [0.2, 0.25) is 5.02 Å². The van der Waals surface area contributed by atoms with Crippen molar-refractivity contribution in [3.05, 3.63) is 40.9 Å². The molecule has 1 atom stereocenters. The van der Waals surface area contributed by atoms with Gasteiger partial charge in [0, 0.05) is 17.1 Å². The van der Waals surface area contributed by atoms with Crippen LogP contribution in [0, 0.1) is 0 Å². The highest BCUT2D eigenvalue weighted by molar-refractivity contribution is 7.91. The van der Waals surface area contributed by atoms with Gasteiger partial charge < -0.3 is 10.1 Å². The number of rotatable bonds is 5. The van der Waals surface area contributed by atoms with Gasteiger partial charge in [0.15, 0.2) is 16.4 Å². The van der Waals surface area contributed by atoms with Gasteiger partial charge in [-0.3, -0.25) is 4.79 Å². The van der Waals surface area contributed by atoms with Crippen LogP contribution in [0.25, 0.3) is 6.08 Å². The lowest BCUT2D eigenvalue weighted by Gasteiger charge is -2.10. The molecule has 0 aromatic heterocycles. The van der Waals surface area contributed by atoms with Gasteiger partial charge in [-0.15, -0.1) is 0 Å². The summed E-state index contributed by atoms with van der Waals surface area (Å²) in [6.45, 7) is -0.456. The Morgan fingerprint density at radius 2 is 2.09 bits per heavy atom. The van der Waals surface area contributed by atoms with E-state index in [2.05, 4.69) is 5.32 Å². The monoisotopic (exact) mass is 357 g/mol. The van der Waals surface area contributed by atoms with Crippen molar-refractivity contribution in [1.82, 2.24) is 5.32 Å². The Hall–Kier alpha value is -1.86. The van der Waals surface area contributed by atoms with Crippen molar-refractivity contribution < 1.29 is 22.7 Å². The van der Waals surface area contributed by atoms with Crippen LogP contribution in [-0.2, 0) is 24.2 Å². The molecule has 1 fully saturated rings. The number of hydrogen-bond donors (Lipinski definition) is 1. The summed E-state index contributed by atoms with van der Waals surface area (Å²) in [5.41, 5.74) is 0.659. The number of carbonyl (C=O) groups is 2. The Bertz CT molecular complexity index is 729. The highest BCUT2D eigenvalue weighted by Crippen LogP contribution is 2.16. The largest absolute Gasteiger partial charge is 0.452 e. The van der Waals surface area contributed by atoms with E-state index < -0.39 is 34.4 Å². The summed E-state index contributed by atoms with van der Waals surface area (Å²) in [4.78, 5) is 23.2. The first-order valence-corrected chi connectivity index (χ1v) is 9.15. The third-order valence-electron chi connectivity index (χ3n) is 3.25. The number of nitrogens with one attached hydrogen (secondary N) is 1. The summed E-state index contributed by atoms with van der Waals surface area (Å²) in [5, 5.41) is 3.03. The molecule has 23 heavy (non-hydrogen) atoms. The van der Waals surface area contributed by atoms with Gasteiger partial charge in [-0.05, 0) is 24.1 Å². The Morgan fingerprint density at radius 1 is 1.35 bits per heavy atom. The molecule has 1 amide bonds. The summed E-state index contributed by atoms with van der Waals surface area (Å²) < 4.78 is 27.4. The van der Waals surface area contributed by atoms with Crippen molar-refractivity contribution in [1.29, 1.82) is 0 Å². The third kappa shape index (κ3) is 5.69. The molecule has 0 spiro atoms. The van der Waals surface area contributed by atoms with Crippen LogP contribution in [0.3, 0.4) is 0 Å². The zero-order chi connectivity index (χ0) is 16.9. The molecule has 1 aromatic carbocycles. The number of amides is 1. The van der Waals surface area contributed by atoms with Gasteiger partial charge in [-0.1, -0.05) is 29.8 Å². The van der Waals surface area contributed by atoms with Crippen LogP contribution >= 0.6 is 11.6 Å². The molecule has 1 aromatic rings. The fraction of sp³-hybridized carbons (Fsp3) is 0.333. The Kier molecular flexibility index (Phi) is 5.79. The van der Waals surface area contributed by atoms with E-state index in [-0.39, 0.29) is 11.5 Å². The van der Waals surface area contributed by atoms with Crippen LogP contribution in [0.1, 0.15) is 12.0 Å². The lowest BCUT2D eigenvalue weighted by atomic mass is 10.2. The molecule has 1 aliphatic heterocycles. The molecule has 124 valence electrons. The van der Waals surface area contributed by atoms with Crippen LogP contribution in [0.4, 0.5) is 0 Å². The molecular formula is C15H16ClNO5S. The third-order valence-corrected chi connectivity index (χ3v) is 5.36. The van der Waals surface area contributed by atoms with Crippen molar-refractivity contribution in [2.75, 3.05) is 18.1 Å². The van der Waals surface area contributed by atoms with Crippen LogP contribution < -0.4 is 5.32 Å². The molecule has 0 bridgehead atoms. The zero-order valence-electron chi connectivity index (χ0n) is 12.2. The maximum absolute atomic E-state index is 11.6. The average molecular weight is 358 g/mol. The number of hydrogen-bond acceptors (Lipinski definition) is 5. The van der Waals surface area contributed by atoms with Gasteiger partial charge in [0.1, 0.15) is 0 Å². The molecule has 1 saturated heterocycles. The molecule has 1 aliphatic rings. The maximum atomic E-state index is 11.6. The van der Waals surface area contributed by atoms with E-state index in [1.54, 1.807) is 24.3 Å². The predicted octanol–water partition coefficient (Wildman–Crippen LogP) is 1.20. The van der Waals surface area contributed by atoms with Crippen LogP contribution in [0.15, 0.2) is 30.3 Å². The minimum Gasteiger partial charge on any atom is -0.452 e. The summed E-state index contributed by atoms with van der Waals surface area (Å²) in [5.74, 6) is -1.21. The van der Waals surface area contributed by atoms with Gasteiger partial charge in [0.2, 0.25) is 0 Å². The summed E-state index contributed by atoms with van der Waals surface area (Å²) in [6.07, 6.45) is 3.05. The standard InChI is InChI=1S/C15H16ClNO5S/c16-13-4-2-1-3-11(13)5-6-15(19)22-9-14(18)17-12-7-8-23(20,21)10-12/h1-6,12H,7-10H2,(H,17,18)/b6-5+/t12-/m1/s1. The van der Waals surface area contributed by atoms with Crippen molar-refractivity contribution >= 4 is 39.4 Å². The molecule has 2 rings (SSSR count). The number of esters is 1. The van der Waals surface area contributed by atoms with E-state index >= 15 is 0 Å². The van der Waals surface area contributed by atoms with Crippen LogP contribution in [0.5, 0.6) is 0 Å². The van der Waals surface area contributed by atoms with Crippen molar-refractivity contribution in [3.63, 3.8) is 0 Å². The highest BCUT2D eigenvalue weighted by Gasteiger charge is 2.28. The molecule has 0 aliphatic carbocycles. The topological polar surface area (TPSA) is 89.5 Å². The molecule has 0 saturated carbocycles. The second kappa shape index (κ2) is 7.61. The van der Waals surface area contributed by atoms with Crippen molar-refractivity contribution in [2.45, 2.75) is 12.5 Å². The Labute approximate surface area is 139 Å². The second-order valence-corrected chi connectivity index (χ2v) is 7.77. The summed E-state index contributed by atoms with van der Waals surface area (Å²) in [7, 11) is -3.06. The van der Waals surface area contributed by atoms with Crippen molar-refractivity contribution in [3.8, 4) is 0 Å². The Balaban J connectivity index is 1.76. The Morgan fingerprint density at radius 3 is 2.74 bits per heavy atom. The van der Waals surface area contributed by atoms with E-state index in [0.29, 0.717) is 17.0 Å². The minimum absolute atomic E-state index is 0.0678. The van der Waals surface area contributed by atoms with Gasteiger partial charge in [-0.25, -0.2) is 13.2 Å². The van der Waals surface area contributed by atoms with E-state index in [0.717, 1.165) is 0 Å². The summed E-state index contributed by atoms with van der Waals surface area (Å²) in [6, 6.07) is 6.56. The SMILES string of the molecule is O=C(COC(=O)/C=C/c1ccccc1Cl)N[C@@H]1CCS(=O)(=O)C1. The molecule has 0 radical (unpaired) electrons. The molecule has 6 nitrogen and oxygen atoms in total. The van der Waals surface area contributed by atoms with Gasteiger partial charge in [0.25, 0.3) is 5.91 Å². The zero-order valence-corrected chi connectivity index (χ0v) is 13.8. The lowest BCUT2D eigenvalue weighted by Crippen LogP contribution is -2.38. The number of benzene rings is 1. The molecule has 8 heteroatoms. The number of sulfone groups is 1. The van der Waals surface area contributed by atoms with Gasteiger partial charge >= 0.3 is 5.97 Å². The number of ether oxygens (including phenoxy) is 1. The first-order valence-electron chi connectivity index (χ1n) is 6.95. The van der Waals surface area contributed by atoms with E-state index in [1.165, 1.54) is 12.2 Å². The van der Waals surface area contributed by atoms with Crippen LogP contribution in [-0.4, -0.2) is 44.4 Å². The number of halogens is 1.